The fourth-order valence-corrected chi connectivity index (χ4v) is 4.88. The zero-order chi connectivity index (χ0) is 33.8. The van der Waals surface area contributed by atoms with E-state index in [0.717, 1.165) is 21.8 Å². The Balaban J connectivity index is 3.10. The molecule has 0 radical (unpaired) electrons. The normalized spacial score (nSPS) is 15.4. The van der Waals surface area contributed by atoms with Gasteiger partial charge >= 0.3 is 12.1 Å². The molecule has 7 nitrogen and oxygen atoms in total. The number of carbonyl (C=O) groups is 3. The van der Waals surface area contributed by atoms with Gasteiger partial charge in [-0.15, -0.1) is 17.9 Å². The number of ketones is 1. The molecule has 0 bridgehead atoms. The first kappa shape index (κ1) is 39.6. The van der Waals surface area contributed by atoms with Crippen molar-refractivity contribution in [3.63, 3.8) is 0 Å². The van der Waals surface area contributed by atoms with Crippen LogP contribution in [0.3, 0.4) is 0 Å². The predicted molar refractivity (Wildman–Crippen MR) is 181 cm³/mol. The van der Waals surface area contributed by atoms with E-state index >= 15 is 0 Å². The molecule has 4 atom stereocenters. The van der Waals surface area contributed by atoms with Gasteiger partial charge in [0.15, 0.2) is 5.78 Å². The number of aromatic nitrogens is 1. The first-order chi connectivity index (χ1) is 20.3. The van der Waals surface area contributed by atoms with Crippen LogP contribution in [0.4, 0.5) is 4.79 Å². The number of alkyl halides is 3. The van der Waals surface area contributed by atoms with Crippen molar-refractivity contribution < 1.29 is 28.6 Å². The van der Waals surface area contributed by atoms with Gasteiger partial charge in [-0.25, -0.2) is 9.78 Å². The average molecular weight is 689 g/mol. The van der Waals surface area contributed by atoms with Crippen LogP contribution in [0.2, 0.25) is 0 Å². The summed E-state index contributed by atoms with van der Waals surface area (Å²) in [6.07, 6.45) is 5.41. The highest BCUT2D eigenvalue weighted by molar-refractivity contribution is 7.09. The predicted octanol–water partition coefficient (Wildman–Crippen LogP) is 9.57. The van der Waals surface area contributed by atoms with Gasteiger partial charge in [0.1, 0.15) is 18.8 Å². The van der Waals surface area contributed by atoms with Crippen molar-refractivity contribution in [2.24, 2.45) is 17.3 Å². The highest BCUT2D eigenvalue weighted by Gasteiger charge is 2.41. The minimum atomic E-state index is -1.83. The first-order valence-corrected chi connectivity index (χ1v) is 16.2. The van der Waals surface area contributed by atoms with Crippen LogP contribution in [-0.2, 0) is 23.8 Å². The molecule has 0 aliphatic heterocycles. The van der Waals surface area contributed by atoms with E-state index in [1.807, 2.05) is 38.3 Å². The molecular formula is C33H44Cl3NO6S. The van der Waals surface area contributed by atoms with Gasteiger partial charge in [-0.2, -0.15) is 0 Å². The Kier molecular flexibility index (Phi) is 16.2. The summed E-state index contributed by atoms with van der Waals surface area (Å²) in [7, 11) is 0. The van der Waals surface area contributed by atoms with Crippen LogP contribution < -0.4 is 0 Å². The number of allylic oxidation sites excluding steroid dienone is 3. The molecule has 0 aliphatic rings. The fourth-order valence-electron chi connectivity index (χ4n) is 4.15. The van der Waals surface area contributed by atoms with E-state index in [1.54, 1.807) is 39.8 Å². The first-order valence-electron chi connectivity index (χ1n) is 14.2. The SMILES string of the molecule is C=CC[C@H](C)[C@H](OC(=O)OCC(Cl)(Cl)Cl)C(=C)C(=O)C(C)(C)[C@@H](C)CC(=O)O[C@@H](C/C=C(/C)C=C)/C(C)=C/c1csc(C)n1. The molecule has 0 spiro atoms. The Hall–Kier alpha value is -2.39. The maximum Gasteiger partial charge on any atom is 0.509 e. The van der Waals surface area contributed by atoms with Crippen LogP contribution in [0.1, 0.15) is 71.5 Å². The number of ether oxygens (including phenoxy) is 3. The molecule has 1 rings (SSSR count). The van der Waals surface area contributed by atoms with Gasteiger partial charge in [-0.05, 0) is 44.8 Å². The number of esters is 1. The summed E-state index contributed by atoms with van der Waals surface area (Å²) in [6, 6.07) is 0. The Morgan fingerprint density at radius 3 is 2.25 bits per heavy atom. The van der Waals surface area contributed by atoms with Gasteiger partial charge in [0.25, 0.3) is 0 Å². The zero-order valence-corrected chi connectivity index (χ0v) is 29.7. The lowest BCUT2D eigenvalue weighted by Gasteiger charge is -2.34. The number of carbonyl (C=O) groups excluding carboxylic acids is 3. The van der Waals surface area contributed by atoms with E-state index in [9.17, 15) is 14.4 Å². The van der Waals surface area contributed by atoms with Crippen LogP contribution in [0.15, 0.2) is 60.1 Å². The van der Waals surface area contributed by atoms with Crippen LogP contribution in [0.5, 0.6) is 0 Å². The topological polar surface area (TPSA) is 91.8 Å². The van der Waals surface area contributed by atoms with Crippen molar-refractivity contribution in [1.29, 1.82) is 0 Å². The molecule has 0 aromatic carbocycles. The molecule has 0 N–H and O–H groups in total. The van der Waals surface area contributed by atoms with Crippen molar-refractivity contribution in [1.82, 2.24) is 4.98 Å². The second-order valence-electron chi connectivity index (χ2n) is 11.4. The molecule has 0 fully saturated rings. The molecule has 1 aromatic rings. The largest absolute Gasteiger partial charge is 0.509 e. The lowest BCUT2D eigenvalue weighted by Crippen LogP contribution is -2.40. The minimum Gasteiger partial charge on any atom is -0.457 e. The number of thiazole rings is 1. The molecule has 244 valence electrons. The van der Waals surface area contributed by atoms with Gasteiger partial charge in [0.2, 0.25) is 3.79 Å². The van der Waals surface area contributed by atoms with Gasteiger partial charge in [0.05, 0.1) is 10.7 Å². The van der Waals surface area contributed by atoms with E-state index in [4.69, 9.17) is 49.0 Å². The number of hydrogen-bond acceptors (Lipinski definition) is 8. The van der Waals surface area contributed by atoms with Crippen molar-refractivity contribution >= 4 is 70.1 Å². The molecule has 0 unspecified atom stereocenters. The maximum atomic E-state index is 13.8. The summed E-state index contributed by atoms with van der Waals surface area (Å²) in [6.45, 7) is 23.7. The third-order valence-electron chi connectivity index (χ3n) is 7.33. The van der Waals surface area contributed by atoms with Gasteiger partial charge < -0.3 is 14.2 Å². The van der Waals surface area contributed by atoms with Crippen LogP contribution in [0.25, 0.3) is 6.08 Å². The number of aryl methyl sites for hydroxylation is 1. The third-order valence-corrected chi connectivity index (χ3v) is 8.45. The second kappa shape index (κ2) is 17.9. The molecule has 1 aromatic heterocycles. The van der Waals surface area contributed by atoms with Gasteiger partial charge in [0, 0.05) is 35.1 Å². The van der Waals surface area contributed by atoms with Crippen molar-refractivity contribution in [2.45, 2.75) is 83.7 Å². The Bertz CT molecular complexity index is 1260. The van der Waals surface area contributed by atoms with Crippen molar-refractivity contribution in [2.75, 3.05) is 6.61 Å². The summed E-state index contributed by atoms with van der Waals surface area (Å²) < 4.78 is 14.5. The number of hydrogen-bond donors (Lipinski definition) is 0. The number of Topliss-reactive ketones (excluding diaryl/α,β-unsaturated/α-hetero) is 1. The number of rotatable bonds is 17. The average Bonchev–Trinajstić information content (AvgIpc) is 3.35. The molecule has 0 aliphatic carbocycles. The molecule has 11 heteroatoms. The summed E-state index contributed by atoms with van der Waals surface area (Å²) in [5, 5.41) is 2.88. The molecule has 0 amide bonds. The lowest BCUT2D eigenvalue weighted by molar-refractivity contribution is -0.149. The van der Waals surface area contributed by atoms with Crippen molar-refractivity contribution in [3.8, 4) is 0 Å². The molecule has 44 heavy (non-hydrogen) atoms. The van der Waals surface area contributed by atoms with E-state index in [2.05, 4.69) is 24.7 Å². The molecule has 0 saturated carbocycles. The highest BCUT2D eigenvalue weighted by atomic mass is 35.6. The summed E-state index contributed by atoms with van der Waals surface area (Å²) >= 11 is 18.5. The van der Waals surface area contributed by atoms with E-state index < -0.39 is 46.1 Å². The minimum absolute atomic E-state index is 0.0329. The lowest BCUT2D eigenvalue weighted by atomic mass is 9.71. The smallest absolute Gasteiger partial charge is 0.457 e. The van der Waals surface area contributed by atoms with Gasteiger partial charge in [-0.3, -0.25) is 9.59 Å². The summed E-state index contributed by atoms with van der Waals surface area (Å²) in [5.41, 5.74) is 1.58. The zero-order valence-electron chi connectivity index (χ0n) is 26.6. The summed E-state index contributed by atoms with van der Waals surface area (Å²) in [5.74, 6) is -1.64. The third kappa shape index (κ3) is 13.3. The maximum absolute atomic E-state index is 13.8. The van der Waals surface area contributed by atoms with Crippen LogP contribution in [0, 0.1) is 24.2 Å². The fraction of sp³-hybridized carbons (Fsp3) is 0.515. The summed E-state index contributed by atoms with van der Waals surface area (Å²) in [4.78, 5) is 43.9. The Morgan fingerprint density at radius 2 is 1.73 bits per heavy atom. The van der Waals surface area contributed by atoms with Gasteiger partial charge in [-0.1, -0.05) is 99.5 Å². The highest BCUT2D eigenvalue weighted by Crippen LogP contribution is 2.36. The van der Waals surface area contributed by atoms with Crippen LogP contribution in [-0.4, -0.2) is 45.5 Å². The van der Waals surface area contributed by atoms with Crippen LogP contribution >= 0.6 is 46.1 Å². The number of halogens is 3. The Labute approximate surface area is 281 Å². The molecule has 1 heterocycles. The molecule has 0 saturated heterocycles. The van der Waals surface area contributed by atoms with E-state index in [-0.39, 0.29) is 23.7 Å². The standard InChI is InChI=1S/C33H44Cl3NO6S/c1-11-13-21(4)29(43-31(40)41-19-33(34,35)36)24(7)30(39)32(9,10)23(6)17-28(38)42-27(15-14-20(3)12-2)22(5)16-26-18-44-25(8)37-26/h11-12,14,16,18,21,23,27,29H,1-2,7,13,15,17,19H2,3-6,8-10H3/b20-14-,22-16+/t21-,23-,27-,29-/m0/s1. The quantitative estimate of drug-likeness (QED) is 0.0529. The molecular weight excluding hydrogens is 645 g/mol. The van der Waals surface area contributed by atoms with E-state index in [0.29, 0.717) is 12.8 Å². The Morgan fingerprint density at radius 1 is 1.09 bits per heavy atom. The second-order valence-corrected chi connectivity index (χ2v) is 15.0. The monoisotopic (exact) mass is 687 g/mol. The van der Waals surface area contributed by atoms with Crippen molar-refractivity contribution in [3.05, 3.63) is 70.8 Å². The van der Waals surface area contributed by atoms with E-state index in [1.165, 1.54) is 11.3 Å². The number of nitrogens with zero attached hydrogens (tertiary/aromatic N) is 1.